The van der Waals surface area contributed by atoms with Gasteiger partial charge >= 0.3 is 0 Å². The Labute approximate surface area is 116 Å². The molecule has 0 radical (unpaired) electrons. The first-order valence-electron chi connectivity index (χ1n) is 5.93. The molecule has 0 N–H and O–H groups in total. The van der Waals surface area contributed by atoms with Crippen LogP contribution in [-0.4, -0.2) is 10.9 Å². The van der Waals surface area contributed by atoms with Crippen LogP contribution in [0.5, 0.6) is 0 Å². The van der Waals surface area contributed by atoms with E-state index in [0.29, 0.717) is 0 Å². The Kier molecular flexibility index (Phi) is 3.71. The molecule has 0 bridgehead atoms. The van der Waals surface area contributed by atoms with Crippen molar-refractivity contribution in [2.45, 2.75) is 26.8 Å². The van der Waals surface area contributed by atoms with Crippen molar-refractivity contribution in [3.63, 3.8) is 0 Å². The van der Waals surface area contributed by atoms with Gasteiger partial charge in [0.2, 0.25) is 0 Å². The van der Waals surface area contributed by atoms with Crippen molar-refractivity contribution in [2.24, 2.45) is 0 Å². The van der Waals surface area contributed by atoms with Crippen LogP contribution in [0.3, 0.4) is 0 Å². The fraction of sp³-hybridized carbons (Fsp3) is 0.267. The van der Waals surface area contributed by atoms with E-state index < -0.39 is 0 Å². The fourth-order valence-corrected chi connectivity index (χ4v) is 2.67. The second-order valence-electron chi connectivity index (χ2n) is 4.54. The highest BCUT2D eigenvalue weighted by molar-refractivity contribution is 9.10. The predicted molar refractivity (Wildman–Crippen MR) is 77.2 cm³/mol. The fourth-order valence-electron chi connectivity index (χ4n) is 2.41. The van der Waals surface area contributed by atoms with Gasteiger partial charge in [0, 0.05) is 21.4 Å². The van der Waals surface area contributed by atoms with Crippen LogP contribution < -0.4 is 0 Å². The number of benzene rings is 1. The van der Waals surface area contributed by atoms with Gasteiger partial charge in [0.1, 0.15) is 0 Å². The lowest BCUT2D eigenvalue weighted by molar-refractivity contribution is 0.112. The van der Waals surface area contributed by atoms with E-state index in [4.69, 9.17) is 0 Å². The van der Waals surface area contributed by atoms with Crippen molar-refractivity contribution < 1.29 is 4.79 Å². The molecule has 0 saturated carbocycles. The molecule has 0 aliphatic heterocycles. The maximum atomic E-state index is 11.0. The van der Waals surface area contributed by atoms with Gasteiger partial charge in [-0.3, -0.25) is 4.79 Å². The Hall–Kier alpha value is -1.35. The molecule has 0 aliphatic carbocycles. The standard InChI is InChI=1S/C15H16BrNO/c1-10-8-14(9-18)12(3)17(10)11(2)13-4-6-15(16)7-5-13/h4-9,11H,1-3H3. The van der Waals surface area contributed by atoms with Crippen molar-refractivity contribution in [3.8, 4) is 0 Å². The first kappa shape index (κ1) is 13.1. The van der Waals surface area contributed by atoms with E-state index in [1.165, 1.54) is 5.56 Å². The maximum absolute atomic E-state index is 11.0. The largest absolute Gasteiger partial charge is 0.341 e. The van der Waals surface area contributed by atoms with Gasteiger partial charge < -0.3 is 4.57 Å². The topological polar surface area (TPSA) is 22.0 Å². The lowest BCUT2D eigenvalue weighted by Crippen LogP contribution is -2.10. The minimum atomic E-state index is 0.229. The van der Waals surface area contributed by atoms with E-state index in [0.717, 1.165) is 27.7 Å². The Balaban J connectivity index is 2.45. The summed E-state index contributed by atoms with van der Waals surface area (Å²) in [6, 6.07) is 10.5. The van der Waals surface area contributed by atoms with Gasteiger partial charge in [0.05, 0.1) is 6.04 Å². The first-order valence-corrected chi connectivity index (χ1v) is 6.73. The molecule has 0 spiro atoms. The second kappa shape index (κ2) is 5.11. The van der Waals surface area contributed by atoms with Crippen molar-refractivity contribution in [1.29, 1.82) is 0 Å². The molecular formula is C15H16BrNO. The van der Waals surface area contributed by atoms with E-state index >= 15 is 0 Å². The molecule has 1 atom stereocenters. The monoisotopic (exact) mass is 305 g/mol. The van der Waals surface area contributed by atoms with Crippen LogP contribution in [0.15, 0.2) is 34.8 Å². The third-order valence-electron chi connectivity index (χ3n) is 3.39. The molecule has 0 saturated heterocycles. The van der Waals surface area contributed by atoms with E-state index in [-0.39, 0.29) is 6.04 Å². The van der Waals surface area contributed by atoms with Crippen LogP contribution in [0.1, 0.15) is 40.3 Å². The molecular weight excluding hydrogens is 290 g/mol. The van der Waals surface area contributed by atoms with Crippen LogP contribution >= 0.6 is 15.9 Å². The summed E-state index contributed by atoms with van der Waals surface area (Å²) >= 11 is 3.44. The van der Waals surface area contributed by atoms with Gasteiger partial charge in [0.15, 0.2) is 6.29 Å². The van der Waals surface area contributed by atoms with Gasteiger partial charge in [-0.2, -0.15) is 0 Å². The summed E-state index contributed by atoms with van der Waals surface area (Å²) in [4.78, 5) is 11.0. The number of rotatable bonds is 3. The molecule has 2 aromatic rings. The lowest BCUT2D eigenvalue weighted by Gasteiger charge is -2.19. The molecule has 2 rings (SSSR count). The van der Waals surface area contributed by atoms with Crippen LogP contribution in [-0.2, 0) is 0 Å². The number of aryl methyl sites for hydroxylation is 1. The zero-order chi connectivity index (χ0) is 13.3. The highest BCUT2D eigenvalue weighted by Gasteiger charge is 2.15. The van der Waals surface area contributed by atoms with Crippen LogP contribution in [0, 0.1) is 13.8 Å². The summed E-state index contributed by atoms with van der Waals surface area (Å²) in [5, 5.41) is 0. The second-order valence-corrected chi connectivity index (χ2v) is 5.46. The van der Waals surface area contributed by atoms with Crippen molar-refractivity contribution in [3.05, 3.63) is 57.3 Å². The normalized spacial score (nSPS) is 12.4. The summed E-state index contributed by atoms with van der Waals surface area (Å²) in [5.41, 5.74) is 4.15. The van der Waals surface area contributed by atoms with Crippen molar-refractivity contribution >= 4 is 22.2 Å². The Morgan fingerprint density at radius 1 is 1.22 bits per heavy atom. The average molecular weight is 306 g/mol. The summed E-state index contributed by atoms with van der Waals surface area (Å²) < 4.78 is 3.28. The zero-order valence-corrected chi connectivity index (χ0v) is 12.4. The Morgan fingerprint density at radius 3 is 2.33 bits per heavy atom. The molecule has 0 amide bonds. The number of halogens is 1. The Morgan fingerprint density at radius 2 is 1.83 bits per heavy atom. The van der Waals surface area contributed by atoms with E-state index in [1.807, 2.05) is 32.0 Å². The zero-order valence-electron chi connectivity index (χ0n) is 10.8. The molecule has 0 fully saturated rings. The number of nitrogens with zero attached hydrogens (tertiary/aromatic N) is 1. The van der Waals surface area contributed by atoms with Gasteiger partial charge in [-0.1, -0.05) is 28.1 Å². The van der Waals surface area contributed by atoms with E-state index in [9.17, 15) is 4.79 Å². The minimum Gasteiger partial charge on any atom is -0.341 e. The third-order valence-corrected chi connectivity index (χ3v) is 3.92. The van der Waals surface area contributed by atoms with Crippen LogP contribution in [0.4, 0.5) is 0 Å². The molecule has 18 heavy (non-hydrogen) atoms. The Bertz CT molecular complexity index is 569. The lowest BCUT2D eigenvalue weighted by atomic mass is 10.1. The summed E-state index contributed by atoms with van der Waals surface area (Å²) in [6.07, 6.45) is 0.924. The highest BCUT2D eigenvalue weighted by Crippen LogP contribution is 2.25. The molecule has 1 aromatic heterocycles. The predicted octanol–water partition coefficient (Wildman–Crippen LogP) is 4.29. The number of aromatic nitrogens is 1. The number of hydrogen-bond acceptors (Lipinski definition) is 1. The smallest absolute Gasteiger partial charge is 0.151 e. The molecule has 1 heterocycles. The van der Waals surface area contributed by atoms with E-state index in [1.54, 1.807) is 0 Å². The summed E-state index contributed by atoms with van der Waals surface area (Å²) in [5.74, 6) is 0. The van der Waals surface area contributed by atoms with Crippen molar-refractivity contribution in [1.82, 2.24) is 4.57 Å². The molecule has 3 heteroatoms. The molecule has 2 nitrogen and oxygen atoms in total. The summed E-state index contributed by atoms with van der Waals surface area (Å²) in [6.45, 7) is 6.18. The molecule has 0 aliphatic rings. The SMILES string of the molecule is Cc1cc(C=O)c(C)n1C(C)c1ccc(Br)cc1. The number of carbonyl (C=O) groups is 1. The third kappa shape index (κ3) is 2.27. The van der Waals surface area contributed by atoms with Gasteiger partial charge in [-0.25, -0.2) is 0 Å². The minimum absolute atomic E-state index is 0.229. The quantitative estimate of drug-likeness (QED) is 0.775. The van der Waals surface area contributed by atoms with Gasteiger partial charge in [-0.05, 0) is 44.5 Å². The molecule has 94 valence electrons. The van der Waals surface area contributed by atoms with E-state index in [2.05, 4.69) is 39.6 Å². The van der Waals surface area contributed by atoms with Gasteiger partial charge in [0.25, 0.3) is 0 Å². The van der Waals surface area contributed by atoms with Crippen LogP contribution in [0.2, 0.25) is 0 Å². The molecule has 1 unspecified atom stereocenters. The van der Waals surface area contributed by atoms with Gasteiger partial charge in [-0.15, -0.1) is 0 Å². The average Bonchev–Trinajstić information content (AvgIpc) is 2.64. The summed E-state index contributed by atoms with van der Waals surface area (Å²) in [7, 11) is 0. The number of carbonyl (C=O) groups excluding carboxylic acids is 1. The maximum Gasteiger partial charge on any atom is 0.151 e. The van der Waals surface area contributed by atoms with Crippen molar-refractivity contribution in [2.75, 3.05) is 0 Å². The number of hydrogen-bond donors (Lipinski definition) is 0. The van der Waals surface area contributed by atoms with Crippen LogP contribution in [0.25, 0.3) is 0 Å². The first-order chi connectivity index (χ1) is 8.54. The molecule has 1 aromatic carbocycles. The highest BCUT2D eigenvalue weighted by atomic mass is 79.9. The number of aldehydes is 1.